The first-order valence-electron chi connectivity index (χ1n) is 5.78. The summed E-state index contributed by atoms with van der Waals surface area (Å²) in [6, 6.07) is 3.96. The molecule has 1 heterocycles. The van der Waals surface area contributed by atoms with Crippen LogP contribution in [0.25, 0.3) is 0 Å². The Morgan fingerprint density at radius 3 is 3.07 bits per heavy atom. The average molecular weight is 205 g/mol. The number of hydrogen-bond donors (Lipinski definition) is 1. The smallest absolute Gasteiger partial charge is 0.0916 e. The Kier molecular flexibility index (Phi) is 2.79. The van der Waals surface area contributed by atoms with Gasteiger partial charge in [0.25, 0.3) is 0 Å². The molecule has 0 aliphatic heterocycles. The monoisotopic (exact) mass is 205 g/mol. The van der Waals surface area contributed by atoms with Gasteiger partial charge in [0, 0.05) is 17.5 Å². The third-order valence-corrected chi connectivity index (χ3v) is 3.14. The first-order chi connectivity index (χ1) is 7.12. The van der Waals surface area contributed by atoms with Crippen LogP contribution < -0.4 is 0 Å². The highest BCUT2D eigenvalue weighted by Crippen LogP contribution is 2.38. The molecule has 0 saturated heterocycles. The van der Waals surface area contributed by atoms with E-state index in [2.05, 4.69) is 18.8 Å². The van der Waals surface area contributed by atoms with Gasteiger partial charge in [-0.2, -0.15) is 0 Å². The molecule has 0 amide bonds. The third-order valence-electron chi connectivity index (χ3n) is 3.14. The van der Waals surface area contributed by atoms with Crippen LogP contribution in [0.3, 0.4) is 0 Å². The van der Waals surface area contributed by atoms with E-state index in [-0.39, 0.29) is 0 Å². The molecular formula is C13H19NO. The summed E-state index contributed by atoms with van der Waals surface area (Å²) in [6.45, 7) is 4.31. The minimum atomic E-state index is -0.629. The predicted octanol–water partition coefficient (Wildman–Crippen LogP) is 2.65. The number of aryl methyl sites for hydroxylation is 1. The summed E-state index contributed by atoms with van der Waals surface area (Å²) < 4.78 is 0. The highest BCUT2D eigenvalue weighted by molar-refractivity contribution is 5.29. The minimum absolute atomic E-state index is 0.515. The van der Waals surface area contributed by atoms with Crippen molar-refractivity contribution in [3.05, 3.63) is 29.6 Å². The summed E-state index contributed by atoms with van der Waals surface area (Å²) in [7, 11) is 0. The van der Waals surface area contributed by atoms with Crippen molar-refractivity contribution in [3.8, 4) is 0 Å². The van der Waals surface area contributed by atoms with Gasteiger partial charge in [-0.15, -0.1) is 0 Å². The van der Waals surface area contributed by atoms with Gasteiger partial charge in [-0.25, -0.2) is 0 Å². The van der Waals surface area contributed by atoms with Crippen molar-refractivity contribution in [2.24, 2.45) is 5.92 Å². The highest BCUT2D eigenvalue weighted by atomic mass is 16.3. The van der Waals surface area contributed by atoms with E-state index in [9.17, 15) is 5.11 Å². The molecule has 1 aliphatic rings. The average Bonchev–Trinajstić information content (AvgIpc) is 2.17. The summed E-state index contributed by atoms with van der Waals surface area (Å²) in [5, 5.41) is 10.7. The zero-order valence-corrected chi connectivity index (χ0v) is 9.53. The number of hydrogen-bond acceptors (Lipinski definition) is 2. The van der Waals surface area contributed by atoms with Crippen LogP contribution in [0.4, 0.5) is 0 Å². The molecule has 82 valence electrons. The van der Waals surface area contributed by atoms with Crippen LogP contribution in [0, 0.1) is 5.92 Å². The Bertz CT molecular complexity index is 348. The van der Waals surface area contributed by atoms with Crippen molar-refractivity contribution in [1.82, 2.24) is 4.98 Å². The van der Waals surface area contributed by atoms with Crippen LogP contribution in [-0.2, 0) is 12.0 Å². The van der Waals surface area contributed by atoms with Crippen molar-refractivity contribution in [1.29, 1.82) is 0 Å². The Hall–Kier alpha value is -0.890. The molecule has 0 bridgehead atoms. The van der Waals surface area contributed by atoms with Crippen LogP contribution in [0.1, 0.15) is 44.4 Å². The number of aromatic nitrogens is 1. The second kappa shape index (κ2) is 3.93. The lowest BCUT2D eigenvalue weighted by Gasteiger charge is -2.35. The number of rotatable bonds is 2. The number of nitrogens with zero attached hydrogens (tertiary/aromatic N) is 1. The molecule has 1 aromatic heterocycles. The molecule has 1 N–H and O–H groups in total. The molecule has 2 heteroatoms. The topological polar surface area (TPSA) is 33.1 Å². The lowest BCUT2D eigenvalue weighted by molar-refractivity contribution is -0.00200. The molecular weight excluding hydrogens is 186 g/mol. The molecule has 0 radical (unpaired) electrons. The van der Waals surface area contributed by atoms with Crippen LogP contribution in [0.2, 0.25) is 0 Å². The van der Waals surface area contributed by atoms with Crippen molar-refractivity contribution < 1.29 is 5.11 Å². The van der Waals surface area contributed by atoms with E-state index in [0.29, 0.717) is 5.92 Å². The number of pyridine rings is 1. The fourth-order valence-electron chi connectivity index (χ4n) is 2.63. The summed E-state index contributed by atoms with van der Waals surface area (Å²) in [6.07, 6.45) is 5.60. The molecule has 1 aromatic rings. The summed E-state index contributed by atoms with van der Waals surface area (Å²) in [5.74, 6) is 0.515. The van der Waals surface area contributed by atoms with Gasteiger partial charge in [-0.1, -0.05) is 19.9 Å². The Morgan fingerprint density at radius 2 is 2.33 bits per heavy atom. The fraction of sp³-hybridized carbons (Fsp3) is 0.615. The Morgan fingerprint density at radius 1 is 1.53 bits per heavy atom. The van der Waals surface area contributed by atoms with Crippen LogP contribution >= 0.6 is 0 Å². The Balaban J connectivity index is 2.36. The van der Waals surface area contributed by atoms with Gasteiger partial charge in [0.2, 0.25) is 0 Å². The second-order valence-electron chi connectivity index (χ2n) is 4.98. The van der Waals surface area contributed by atoms with Crippen molar-refractivity contribution in [2.75, 3.05) is 0 Å². The van der Waals surface area contributed by atoms with Crippen molar-refractivity contribution in [3.63, 3.8) is 0 Å². The van der Waals surface area contributed by atoms with E-state index in [1.54, 1.807) is 0 Å². The quantitative estimate of drug-likeness (QED) is 0.805. The van der Waals surface area contributed by atoms with Crippen molar-refractivity contribution >= 4 is 0 Å². The lowest BCUT2D eigenvalue weighted by atomic mass is 9.77. The predicted molar refractivity (Wildman–Crippen MR) is 60.5 cm³/mol. The first kappa shape index (κ1) is 10.6. The molecule has 15 heavy (non-hydrogen) atoms. The molecule has 1 aliphatic carbocycles. The van der Waals surface area contributed by atoms with E-state index >= 15 is 0 Å². The first-order valence-corrected chi connectivity index (χ1v) is 5.78. The van der Waals surface area contributed by atoms with Gasteiger partial charge in [0.1, 0.15) is 0 Å². The van der Waals surface area contributed by atoms with Gasteiger partial charge >= 0.3 is 0 Å². The number of fused-ring (bicyclic) bond motifs is 1. The molecule has 0 saturated carbocycles. The van der Waals surface area contributed by atoms with E-state index in [0.717, 1.165) is 36.9 Å². The molecule has 0 spiro atoms. The van der Waals surface area contributed by atoms with Gasteiger partial charge < -0.3 is 5.11 Å². The van der Waals surface area contributed by atoms with E-state index in [4.69, 9.17) is 0 Å². The maximum Gasteiger partial charge on any atom is 0.0916 e. The largest absolute Gasteiger partial charge is 0.385 e. The van der Waals surface area contributed by atoms with Gasteiger partial charge in [0.05, 0.1) is 5.60 Å². The SMILES string of the molecule is CC(C)CC1(O)CCCc2ncccc21. The highest BCUT2D eigenvalue weighted by Gasteiger charge is 2.35. The summed E-state index contributed by atoms with van der Waals surface area (Å²) in [4.78, 5) is 4.36. The zero-order valence-electron chi connectivity index (χ0n) is 9.53. The normalized spacial score (nSPS) is 25.3. The summed E-state index contributed by atoms with van der Waals surface area (Å²) in [5.41, 5.74) is 1.52. The van der Waals surface area contributed by atoms with Crippen molar-refractivity contribution in [2.45, 2.75) is 45.1 Å². The maximum absolute atomic E-state index is 10.7. The fourth-order valence-corrected chi connectivity index (χ4v) is 2.63. The minimum Gasteiger partial charge on any atom is -0.385 e. The van der Waals surface area contributed by atoms with Gasteiger partial charge in [-0.05, 0) is 37.7 Å². The third kappa shape index (κ3) is 2.05. The lowest BCUT2D eigenvalue weighted by Crippen LogP contribution is -2.32. The molecule has 2 nitrogen and oxygen atoms in total. The second-order valence-corrected chi connectivity index (χ2v) is 4.98. The van der Waals surface area contributed by atoms with E-state index in [1.807, 2.05) is 18.3 Å². The molecule has 0 aromatic carbocycles. The van der Waals surface area contributed by atoms with Crippen LogP contribution in [-0.4, -0.2) is 10.1 Å². The van der Waals surface area contributed by atoms with Gasteiger partial charge in [-0.3, -0.25) is 4.98 Å². The molecule has 1 unspecified atom stereocenters. The summed E-state index contributed by atoms with van der Waals surface area (Å²) >= 11 is 0. The van der Waals surface area contributed by atoms with E-state index < -0.39 is 5.60 Å². The number of aliphatic hydroxyl groups is 1. The van der Waals surface area contributed by atoms with Crippen LogP contribution in [0.5, 0.6) is 0 Å². The van der Waals surface area contributed by atoms with Gasteiger partial charge in [0.15, 0.2) is 0 Å². The van der Waals surface area contributed by atoms with E-state index in [1.165, 1.54) is 0 Å². The maximum atomic E-state index is 10.7. The standard InChI is InChI=1S/C13H19NO/c1-10(2)9-13(15)7-3-6-12-11(13)5-4-8-14-12/h4-5,8,10,15H,3,6-7,9H2,1-2H3. The molecule has 1 atom stereocenters. The van der Waals surface area contributed by atoms with Crippen LogP contribution in [0.15, 0.2) is 18.3 Å². The molecule has 0 fully saturated rings. The zero-order chi connectivity index (χ0) is 10.9. The molecule has 2 rings (SSSR count). The Labute approximate surface area is 91.4 Å².